The maximum atomic E-state index is 12.0. The number of rotatable bonds is 7. The Labute approximate surface area is 222 Å². The summed E-state index contributed by atoms with van der Waals surface area (Å²) in [6.07, 6.45) is 8.26. The number of benzene rings is 1. The highest BCUT2D eigenvalue weighted by Gasteiger charge is 2.26. The van der Waals surface area contributed by atoms with E-state index in [0.717, 1.165) is 60.6 Å². The Bertz CT molecular complexity index is 1340. The lowest BCUT2D eigenvalue weighted by Crippen LogP contribution is -2.45. The Balaban J connectivity index is 1.29. The van der Waals surface area contributed by atoms with E-state index < -0.39 is 6.10 Å². The zero-order valence-corrected chi connectivity index (χ0v) is 21.6. The van der Waals surface area contributed by atoms with Crippen LogP contribution < -0.4 is 4.74 Å². The van der Waals surface area contributed by atoms with Crippen LogP contribution in [0.2, 0.25) is 0 Å². The predicted octanol–water partition coefficient (Wildman–Crippen LogP) is 3.20. The van der Waals surface area contributed by atoms with Crippen LogP contribution in [0.4, 0.5) is 0 Å². The molecule has 0 spiro atoms. The van der Waals surface area contributed by atoms with E-state index in [0.29, 0.717) is 37.2 Å². The van der Waals surface area contributed by atoms with Gasteiger partial charge in [-0.2, -0.15) is 5.26 Å². The molecule has 0 aliphatic carbocycles. The number of fused-ring (bicyclic) bond motifs is 1. The minimum Gasteiger partial charge on any atom is -0.489 e. The number of aromatic amines is 1. The number of piperidine rings is 1. The molecule has 2 N–H and O–H groups in total. The van der Waals surface area contributed by atoms with Crippen LogP contribution in [-0.4, -0.2) is 88.9 Å². The van der Waals surface area contributed by atoms with Crippen molar-refractivity contribution < 1.29 is 19.4 Å². The van der Waals surface area contributed by atoms with Gasteiger partial charge in [-0.05, 0) is 36.2 Å². The van der Waals surface area contributed by atoms with Gasteiger partial charge >= 0.3 is 0 Å². The highest BCUT2D eigenvalue weighted by Crippen LogP contribution is 2.33. The van der Waals surface area contributed by atoms with E-state index in [1.807, 2.05) is 30.6 Å². The third kappa shape index (κ3) is 5.89. The smallest absolute Gasteiger partial charge is 0.251 e. The number of ether oxygens (including phenoxy) is 2. The molecular formula is C29H33N5O4. The van der Waals surface area contributed by atoms with Gasteiger partial charge in [-0.3, -0.25) is 9.69 Å². The molecule has 0 saturated carbocycles. The van der Waals surface area contributed by atoms with Gasteiger partial charge in [0.2, 0.25) is 0 Å². The first kappa shape index (κ1) is 25.9. The first-order valence-electron chi connectivity index (χ1n) is 13.1. The number of hydrogen-bond donors (Lipinski definition) is 2. The number of morpholine rings is 1. The summed E-state index contributed by atoms with van der Waals surface area (Å²) in [4.78, 5) is 23.9. The molecule has 2 aliphatic rings. The van der Waals surface area contributed by atoms with Crippen LogP contribution in [0.5, 0.6) is 5.75 Å². The minimum absolute atomic E-state index is 0.0879. The number of pyridine rings is 1. The van der Waals surface area contributed by atoms with E-state index in [4.69, 9.17) is 9.47 Å². The zero-order valence-electron chi connectivity index (χ0n) is 21.6. The summed E-state index contributed by atoms with van der Waals surface area (Å²) in [6, 6.07) is 10.1. The third-order valence-corrected chi connectivity index (χ3v) is 7.15. The van der Waals surface area contributed by atoms with Gasteiger partial charge in [0.25, 0.3) is 5.91 Å². The van der Waals surface area contributed by atoms with Gasteiger partial charge in [-0.25, -0.2) is 4.98 Å². The maximum Gasteiger partial charge on any atom is 0.251 e. The number of carbonyl (C=O) groups excluding carboxylic acids is 1. The van der Waals surface area contributed by atoms with E-state index in [1.165, 1.54) is 6.92 Å². The molecule has 2 saturated heterocycles. The van der Waals surface area contributed by atoms with Crippen molar-refractivity contribution in [1.82, 2.24) is 19.8 Å². The molecule has 38 heavy (non-hydrogen) atoms. The molecule has 0 unspecified atom stereocenters. The Morgan fingerprint density at radius 1 is 1.29 bits per heavy atom. The molecule has 9 nitrogen and oxygen atoms in total. The van der Waals surface area contributed by atoms with Crippen molar-refractivity contribution >= 4 is 23.0 Å². The van der Waals surface area contributed by atoms with E-state index in [-0.39, 0.29) is 12.0 Å². The minimum atomic E-state index is -0.993. The number of hydrogen-bond acceptors (Lipinski definition) is 7. The molecule has 198 valence electrons. The maximum absolute atomic E-state index is 12.0. The number of nitrogens with one attached hydrogen (secondary N) is 1. The molecular weight excluding hydrogens is 482 g/mol. The zero-order chi connectivity index (χ0) is 26.5. The lowest BCUT2D eigenvalue weighted by atomic mass is 10.0. The molecule has 1 amide bonds. The van der Waals surface area contributed by atoms with Crippen LogP contribution in [0.15, 0.2) is 42.7 Å². The van der Waals surface area contributed by atoms with Crippen molar-refractivity contribution in [2.24, 2.45) is 0 Å². The Hall–Kier alpha value is -3.71. The third-order valence-electron chi connectivity index (χ3n) is 7.15. The highest BCUT2D eigenvalue weighted by molar-refractivity contribution is 5.95. The molecule has 3 aromatic rings. The number of nitrogens with zero attached hydrogens (tertiary/aromatic N) is 4. The molecule has 1 atom stereocenters. The van der Waals surface area contributed by atoms with Crippen LogP contribution >= 0.6 is 0 Å². The van der Waals surface area contributed by atoms with Crippen molar-refractivity contribution in [2.75, 3.05) is 45.9 Å². The van der Waals surface area contributed by atoms with Crippen LogP contribution in [-0.2, 0) is 9.53 Å². The Morgan fingerprint density at radius 3 is 2.82 bits per heavy atom. The van der Waals surface area contributed by atoms with Crippen molar-refractivity contribution in [3.8, 4) is 22.9 Å². The SMILES string of the molecule is C[C@H](O)C(=O)N1CCC(Oc2ccc(-c3c[nH]c4ncc(/C=C/CN5CCOCC5)cc34)cc2C#N)CC1. The molecule has 9 heteroatoms. The lowest BCUT2D eigenvalue weighted by molar-refractivity contribution is -0.141. The second-order valence-electron chi connectivity index (χ2n) is 9.82. The fourth-order valence-corrected chi connectivity index (χ4v) is 5.00. The van der Waals surface area contributed by atoms with E-state index in [1.54, 1.807) is 4.90 Å². The molecule has 4 heterocycles. The van der Waals surface area contributed by atoms with Crippen LogP contribution in [0.3, 0.4) is 0 Å². The van der Waals surface area contributed by atoms with E-state index in [9.17, 15) is 15.2 Å². The Morgan fingerprint density at radius 2 is 2.08 bits per heavy atom. The summed E-state index contributed by atoms with van der Waals surface area (Å²) in [5, 5.41) is 20.4. The lowest BCUT2D eigenvalue weighted by Gasteiger charge is -2.33. The number of carbonyl (C=O) groups is 1. The number of amides is 1. The topological polar surface area (TPSA) is 115 Å². The molecule has 5 rings (SSSR count). The summed E-state index contributed by atoms with van der Waals surface area (Å²) < 4.78 is 11.6. The van der Waals surface area contributed by atoms with Gasteiger partial charge in [-0.1, -0.05) is 18.2 Å². The quantitative estimate of drug-likeness (QED) is 0.497. The molecule has 2 fully saturated rings. The summed E-state index contributed by atoms with van der Waals surface area (Å²) in [5.74, 6) is 0.288. The van der Waals surface area contributed by atoms with Gasteiger partial charge in [0, 0.05) is 68.9 Å². The summed E-state index contributed by atoms with van der Waals surface area (Å²) in [7, 11) is 0. The summed E-state index contributed by atoms with van der Waals surface area (Å²) in [6.45, 7) is 6.89. The number of likely N-dealkylation sites (tertiary alicyclic amines) is 1. The van der Waals surface area contributed by atoms with Crippen molar-refractivity contribution in [3.05, 3.63) is 53.9 Å². The van der Waals surface area contributed by atoms with Gasteiger partial charge < -0.3 is 24.5 Å². The number of H-pyrrole nitrogens is 1. The highest BCUT2D eigenvalue weighted by atomic mass is 16.5. The summed E-state index contributed by atoms with van der Waals surface area (Å²) in [5.41, 5.74) is 4.17. The summed E-state index contributed by atoms with van der Waals surface area (Å²) >= 11 is 0. The Kier molecular flexibility index (Phi) is 8.03. The fourth-order valence-electron chi connectivity index (χ4n) is 5.00. The van der Waals surface area contributed by atoms with E-state index in [2.05, 4.69) is 39.2 Å². The standard InChI is InChI=1S/C29H33N5O4/c1-20(35)29(36)34-9-6-24(7-10-34)38-27-5-4-22(16-23(27)17-30)26-19-32-28-25(26)15-21(18-31-28)3-2-8-33-11-13-37-14-12-33/h2-5,15-16,18-20,24,35H,6-14H2,1H3,(H,31,32)/b3-2+/t20-/m0/s1. The van der Waals surface area contributed by atoms with Crippen molar-refractivity contribution in [1.29, 1.82) is 5.26 Å². The number of aliphatic hydroxyl groups is 1. The molecule has 2 aliphatic heterocycles. The number of nitriles is 1. The fraction of sp³-hybridized carbons (Fsp3) is 0.414. The van der Waals surface area contributed by atoms with Crippen molar-refractivity contribution in [2.45, 2.75) is 32.0 Å². The first-order chi connectivity index (χ1) is 18.5. The van der Waals surface area contributed by atoms with Gasteiger partial charge in [0.15, 0.2) is 0 Å². The predicted molar refractivity (Wildman–Crippen MR) is 144 cm³/mol. The second kappa shape index (κ2) is 11.8. The van der Waals surface area contributed by atoms with E-state index >= 15 is 0 Å². The van der Waals surface area contributed by atoms with Crippen molar-refractivity contribution in [3.63, 3.8) is 0 Å². The normalized spacial score (nSPS) is 18.1. The van der Waals surface area contributed by atoms with Gasteiger partial charge in [-0.15, -0.1) is 0 Å². The molecule has 0 radical (unpaired) electrons. The average molecular weight is 516 g/mol. The van der Waals surface area contributed by atoms with Gasteiger partial charge in [0.05, 0.1) is 18.8 Å². The molecule has 1 aromatic carbocycles. The largest absolute Gasteiger partial charge is 0.489 e. The number of aromatic nitrogens is 2. The number of aliphatic hydroxyl groups excluding tert-OH is 1. The molecule has 0 bridgehead atoms. The van der Waals surface area contributed by atoms with Crippen LogP contribution in [0.1, 0.15) is 30.9 Å². The van der Waals surface area contributed by atoms with Gasteiger partial charge in [0.1, 0.15) is 29.7 Å². The monoisotopic (exact) mass is 515 g/mol. The van der Waals surface area contributed by atoms with Crippen LogP contribution in [0, 0.1) is 11.3 Å². The second-order valence-corrected chi connectivity index (χ2v) is 9.82. The molecule has 2 aromatic heterocycles. The van der Waals surface area contributed by atoms with Crippen LogP contribution in [0.25, 0.3) is 28.2 Å². The first-order valence-corrected chi connectivity index (χ1v) is 13.1. The average Bonchev–Trinajstić information content (AvgIpc) is 3.37.